The van der Waals surface area contributed by atoms with Gasteiger partial charge in [-0.3, -0.25) is 10.2 Å². The Morgan fingerprint density at radius 2 is 1.70 bits per heavy atom. The lowest BCUT2D eigenvalue weighted by Crippen LogP contribution is -2.49. The van der Waals surface area contributed by atoms with Crippen LogP contribution in [0.5, 0.6) is 5.75 Å². The van der Waals surface area contributed by atoms with E-state index < -0.39 is 12.1 Å². The molecule has 2 atom stereocenters. The SMILES string of the molecule is CCC(C)C(NC(N)=O)C(=O)Nc1cc2c(cc1C)nc1cc(C)c(=NNc3c(O)ccc4ccccc34)cc-1n2-c1ccccc1. The van der Waals surface area contributed by atoms with Crippen LogP contribution in [0.3, 0.4) is 0 Å². The van der Waals surface area contributed by atoms with Gasteiger partial charge in [0.15, 0.2) is 0 Å². The molecule has 0 fully saturated rings. The van der Waals surface area contributed by atoms with Crippen LogP contribution in [0, 0.1) is 19.8 Å². The molecule has 3 amide bonds. The Labute approximate surface area is 272 Å². The summed E-state index contributed by atoms with van der Waals surface area (Å²) in [4.78, 5) is 30.2. The Bertz CT molecular complexity index is 2180. The lowest BCUT2D eigenvalue weighted by molar-refractivity contribution is -0.119. The maximum Gasteiger partial charge on any atom is 0.312 e. The molecule has 2 aliphatic rings. The van der Waals surface area contributed by atoms with Crippen molar-refractivity contribution in [3.63, 3.8) is 0 Å². The first-order chi connectivity index (χ1) is 22.6. The minimum Gasteiger partial charge on any atom is -0.506 e. The Hall–Kier alpha value is -5.90. The van der Waals surface area contributed by atoms with Crippen molar-refractivity contribution in [1.29, 1.82) is 0 Å². The van der Waals surface area contributed by atoms with E-state index >= 15 is 0 Å². The fourth-order valence-electron chi connectivity index (χ4n) is 5.82. The summed E-state index contributed by atoms with van der Waals surface area (Å²) in [6.07, 6.45) is 0.681. The first-order valence-corrected chi connectivity index (χ1v) is 15.5. The number of fused-ring (bicyclic) bond motifs is 3. The van der Waals surface area contributed by atoms with E-state index in [0.29, 0.717) is 23.2 Å². The number of aromatic nitrogens is 2. The van der Waals surface area contributed by atoms with Gasteiger partial charge in [0.05, 0.1) is 27.8 Å². The van der Waals surface area contributed by atoms with Crippen molar-refractivity contribution < 1.29 is 14.7 Å². The number of nitrogens with two attached hydrogens (primary N) is 1. The maximum atomic E-state index is 13.4. The van der Waals surface area contributed by atoms with Crippen LogP contribution in [0.4, 0.5) is 16.2 Å². The molecule has 4 aromatic carbocycles. The smallest absolute Gasteiger partial charge is 0.312 e. The quantitative estimate of drug-likeness (QED) is 0.0737. The summed E-state index contributed by atoms with van der Waals surface area (Å²) in [5.41, 5.74) is 15.3. The summed E-state index contributed by atoms with van der Waals surface area (Å²) >= 11 is 0. The highest BCUT2D eigenvalue weighted by molar-refractivity contribution is 6.00. The van der Waals surface area contributed by atoms with Crippen molar-refractivity contribution in [2.24, 2.45) is 16.8 Å². The van der Waals surface area contributed by atoms with Crippen LogP contribution in [0.1, 0.15) is 31.4 Å². The standard InChI is InChI=1S/C37H37N7O3/c1-5-21(2)34(41-37(38)47)36(46)40-27-19-31-29(17-22(27)3)39-30-18-23(4)28(20-32(30)44(31)25-12-7-6-8-13-25)42-43-35-26-14-10-9-11-24(26)15-16-33(35)45/h6-21,34,43,45H,5H2,1-4H3,(H,40,46)(H3,38,41,47). The van der Waals surface area contributed by atoms with Gasteiger partial charge in [0.2, 0.25) is 5.91 Å². The van der Waals surface area contributed by atoms with E-state index in [0.717, 1.165) is 50.0 Å². The predicted octanol–water partition coefficient (Wildman–Crippen LogP) is 6.56. The molecule has 0 saturated heterocycles. The normalized spacial score (nSPS) is 13.1. The molecular formula is C37H37N7O3. The van der Waals surface area contributed by atoms with Gasteiger partial charge in [-0.05, 0) is 78.7 Å². The van der Waals surface area contributed by atoms with Gasteiger partial charge in [-0.1, -0.05) is 68.8 Å². The molecule has 10 nitrogen and oxygen atoms in total. The lowest BCUT2D eigenvalue weighted by atomic mass is 9.98. The number of benzene rings is 5. The number of phenolic OH excluding ortho intramolecular Hbond substituents is 1. The molecule has 6 rings (SSSR count). The number of para-hydroxylation sites is 1. The Kier molecular flexibility index (Phi) is 8.50. The van der Waals surface area contributed by atoms with Crippen LogP contribution in [-0.4, -0.2) is 32.6 Å². The highest BCUT2D eigenvalue weighted by Gasteiger charge is 2.26. The van der Waals surface area contributed by atoms with Gasteiger partial charge in [-0.15, -0.1) is 0 Å². The van der Waals surface area contributed by atoms with Crippen LogP contribution in [-0.2, 0) is 4.79 Å². The fraction of sp³-hybridized carbons (Fsp3) is 0.189. The third kappa shape index (κ3) is 6.17. The third-order valence-corrected chi connectivity index (χ3v) is 8.60. The van der Waals surface area contributed by atoms with Gasteiger partial charge >= 0.3 is 6.03 Å². The zero-order chi connectivity index (χ0) is 33.2. The topological polar surface area (TPSA) is 147 Å². The first kappa shape index (κ1) is 31.1. The lowest BCUT2D eigenvalue weighted by Gasteiger charge is -2.24. The largest absolute Gasteiger partial charge is 0.506 e. The Morgan fingerprint density at radius 3 is 2.45 bits per heavy atom. The van der Waals surface area contributed by atoms with Gasteiger partial charge in [0.1, 0.15) is 17.5 Å². The number of phenols is 1. The molecule has 1 aliphatic heterocycles. The molecule has 47 heavy (non-hydrogen) atoms. The molecule has 0 spiro atoms. The molecule has 2 unspecified atom stereocenters. The number of primary amides is 1. The number of nitrogens with zero attached hydrogens (tertiary/aromatic N) is 3. The average Bonchev–Trinajstić information content (AvgIpc) is 3.06. The van der Waals surface area contributed by atoms with Crippen molar-refractivity contribution in [3.8, 4) is 22.8 Å². The molecule has 238 valence electrons. The third-order valence-electron chi connectivity index (χ3n) is 8.60. The summed E-state index contributed by atoms with van der Waals surface area (Å²) in [5.74, 6) is -0.373. The molecule has 10 heteroatoms. The van der Waals surface area contributed by atoms with Crippen molar-refractivity contribution in [1.82, 2.24) is 14.9 Å². The Balaban J connectivity index is 1.52. The molecule has 0 radical (unpaired) electrons. The van der Waals surface area contributed by atoms with Gasteiger partial charge in [0.25, 0.3) is 0 Å². The number of aromatic hydroxyl groups is 1. The van der Waals surface area contributed by atoms with Crippen LogP contribution < -0.4 is 27.2 Å². The zero-order valence-corrected chi connectivity index (χ0v) is 26.7. The van der Waals surface area contributed by atoms with Crippen LogP contribution in [0.2, 0.25) is 0 Å². The van der Waals surface area contributed by atoms with E-state index in [9.17, 15) is 14.7 Å². The molecule has 0 saturated carbocycles. The van der Waals surface area contributed by atoms with Crippen molar-refractivity contribution >= 4 is 45.1 Å². The second kappa shape index (κ2) is 12.8. The highest BCUT2D eigenvalue weighted by Crippen LogP contribution is 2.34. The molecule has 0 aromatic heterocycles. The summed E-state index contributed by atoms with van der Waals surface area (Å²) in [7, 11) is 0. The predicted molar refractivity (Wildman–Crippen MR) is 187 cm³/mol. The molecule has 6 N–H and O–H groups in total. The van der Waals surface area contributed by atoms with Gasteiger partial charge < -0.3 is 26.0 Å². The Morgan fingerprint density at radius 1 is 0.957 bits per heavy atom. The number of hydrogen-bond donors (Lipinski definition) is 5. The number of hydrogen-bond acceptors (Lipinski definition) is 6. The molecule has 1 aliphatic carbocycles. The van der Waals surface area contributed by atoms with E-state index in [4.69, 9.17) is 15.8 Å². The van der Waals surface area contributed by atoms with Gasteiger partial charge in [-0.25, -0.2) is 9.78 Å². The van der Waals surface area contributed by atoms with E-state index in [1.807, 2.05) is 113 Å². The first-order valence-electron chi connectivity index (χ1n) is 15.5. The van der Waals surface area contributed by atoms with Crippen molar-refractivity contribution in [2.45, 2.75) is 40.2 Å². The minimum absolute atomic E-state index is 0.101. The molecule has 1 heterocycles. The average molecular weight is 628 g/mol. The van der Waals surface area contributed by atoms with Crippen molar-refractivity contribution in [3.05, 3.63) is 107 Å². The van der Waals surface area contributed by atoms with Gasteiger partial charge in [0, 0.05) is 16.8 Å². The van der Waals surface area contributed by atoms with E-state index in [1.165, 1.54) is 0 Å². The number of urea groups is 1. The number of carbonyl (C=O) groups is 2. The summed E-state index contributed by atoms with van der Waals surface area (Å²) in [6, 6.07) is 27.5. The van der Waals surface area contributed by atoms with Gasteiger partial charge in [-0.2, -0.15) is 5.10 Å². The van der Waals surface area contributed by atoms with E-state index in [2.05, 4.69) is 20.6 Å². The second-order valence-electron chi connectivity index (χ2n) is 11.8. The summed E-state index contributed by atoms with van der Waals surface area (Å²) in [5, 5.41) is 23.5. The van der Waals surface area contributed by atoms with E-state index in [1.54, 1.807) is 6.07 Å². The van der Waals surface area contributed by atoms with E-state index in [-0.39, 0.29) is 17.6 Å². The zero-order valence-electron chi connectivity index (χ0n) is 26.7. The second-order valence-corrected chi connectivity index (χ2v) is 11.8. The number of carbonyl (C=O) groups excluding carboxylic acids is 2. The van der Waals surface area contributed by atoms with Crippen LogP contribution >= 0.6 is 0 Å². The minimum atomic E-state index is -0.788. The van der Waals surface area contributed by atoms with Crippen molar-refractivity contribution in [2.75, 3.05) is 10.7 Å². The number of amides is 3. The summed E-state index contributed by atoms with van der Waals surface area (Å²) < 4.78 is 2.09. The number of anilines is 2. The maximum absolute atomic E-state index is 13.4. The fourth-order valence-corrected chi connectivity index (χ4v) is 5.82. The highest BCUT2D eigenvalue weighted by atomic mass is 16.3. The van der Waals surface area contributed by atoms with Crippen LogP contribution in [0.25, 0.3) is 38.9 Å². The molecule has 4 aromatic rings. The van der Waals surface area contributed by atoms with Crippen LogP contribution in [0.15, 0.2) is 96.1 Å². The number of rotatable bonds is 8. The molecule has 0 bridgehead atoms. The molecular weight excluding hydrogens is 590 g/mol. The number of nitrogens with one attached hydrogen (secondary N) is 3. The summed E-state index contributed by atoms with van der Waals surface area (Å²) in [6.45, 7) is 7.74. The monoisotopic (exact) mass is 627 g/mol. The number of aryl methyl sites for hydroxylation is 2.